The number of hydrazine groups is 1. The Kier molecular flexibility index (Phi) is 5.67. The van der Waals surface area contributed by atoms with Crippen molar-refractivity contribution in [1.29, 1.82) is 0 Å². The molecule has 10 heteroatoms. The van der Waals surface area contributed by atoms with Crippen molar-refractivity contribution in [2.45, 2.75) is 44.1 Å². The van der Waals surface area contributed by atoms with E-state index in [4.69, 9.17) is 0 Å². The third-order valence-corrected chi connectivity index (χ3v) is 7.46. The van der Waals surface area contributed by atoms with Crippen LogP contribution in [0.3, 0.4) is 0 Å². The zero-order chi connectivity index (χ0) is 22.2. The fraction of sp³-hybridized carbons (Fsp3) is 0.381. The number of carbonyl (C=O) groups is 1. The highest BCUT2D eigenvalue weighted by Gasteiger charge is 2.36. The maximum Gasteiger partial charge on any atom is 0.269 e. The minimum Gasteiger partial charge on any atom is -0.393 e. The summed E-state index contributed by atoms with van der Waals surface area (Å²) in [4.78, 5) is 21.2. The number of nitrogens with one attached hydrogen (secondary N) is 2. The summed E-state index contributed by atoms with van der Waals surface area (Å²) in [5.74, 6) is -0.0287. The number of nitrogens with zero attached hydrogens (tertiary/aromatic N) is 3. The van der Waals surface area contributed by atoms with Crippen LogP contribution in [0.5, 0.6) is 0 Å². The van der Waals surface area contributed by atoms with Crippen LogP contribution in [-0.4, -0.2) is 39.5 Å². The van der Waals surface area contributed by atoms with E-state index in [1.165, 1.54) is 12.4 Å². The average molecular weight is 444 g/mol. The molecule has 1 aliphatic rings. The van der Waals surface area contributed by atoms with Crippen molar-refractivity contribution in [2.75, 3.05) is 5.43 Å². The summed E-state index contributed by atoms with van der Waals surface area (Å²) in [6, 6.07) is 8.14. The van der Waals surface area contributed by atoms with Gasteiger partial charge in [-0.1, -0.05) is 31.0 Å². The highest BCUT2D eigenvalue weighted by molar-refractivity contribution is 7.90. The molecular weight excluding hydrogens is 418 g/mol. The Labute approximate surface area is 180 Å². The Morgan fingerprint density at radius 2 is 1.97 bits per heavy atom. The summed E-state index contributed by atoms with van der Waals surface area (Å²) in [7, 11) is -3.80. The number of amides is 1. The van der Waals surface area contributed by atoms with Gasteiger partial charge in [0.2, 0.25) is 5.91 Å². The molecule has 4 rings (SSSR count). The lowest BCUT2D eigenvalue weighted by Crippen LogP contribution is -2.36. The van der Waals surface area contributed by atoms with Crippen LogP contribution in [0.25, 0.3) is 11.2 Å². The number of benzene rings is 1. The minimum absolute atomic E-state index is 0.145. The van der Waals surface area contributed by atoms with Gasteiger partial charge in [0, 0.05) is 12.1 Å². The number of aliphatic hydroxyl groups is 1. The topological polar surface area (TPSA) is 126 Å². The molecule has 3 atom stereocenters. The second-order valence-electron chi connectivity index (χ2n) is 7.91. The average Bonchev–Trinajstić information content (AvgIpc) is 3.35. The molecular formula is C21H25N5O4S. The second-order valence-corrected chi connectivity index (χ2v) is 9.72. The van der Waals surface area contributed by atoms with Gasteiger partial charge < -0.3 is 5.11 Å². The van der Waals surface area contributed by atoms with Gasteiger partial charge >= 0.3 is 0 Å². The Bertz CT molecular complexity index is 1210. The fourth-order valence-corrected chi connectivity index (χ4v) is 5.35. The van der Waals surface area contributed by atoms with E-state index in [2.05, 4.69) is 20.8 Å². The van der Waals surface area contributed by atoms with E-state index in [1.54, 1.807) is 30.3 Å². The molecule has 1 unspecified atom stereocenters. The standard InChI is InChI=1S/C21H25N5O4S/c1-3-14-10-15(27)11-17(14)21(28)25-24-19-12-22-20-18(23-19)8-9-26(20)31(29,30)16-6-4-13(2)5-7-16/h4-9,12,14-15,17,27H,3,10-11H2,1-2H3,(H,23,24)(H,25,28)/t14-,15+,17?/m1/s1. The zero-order valence-corrected chi connectivity index (χ0v) is 18.1. The van der Waals surface area contributed by atoms with Crippen molar-refractivity contribution in [2.24, 2.45) is 11.8 Å². The van der Waals surface area contributed by atoms with Crippen molar-refractivity contribution < 1.29 is 18.3 Å². The molecule has 1 aromatic carbocycles. The van der Waals surface area contributed by atoms with Gasteiger partial charge in [0.1, 0.15) is 5.52 Å². The molecule has 1 saturated carbocycles. The number of aryl methyl sites for hydroxylation is 1. The molecule has 3 aromatic rings. The molecule has 1 fully saturated rings. The normalized spacial score (nSPS) is 21.3. The lowest BCUT2D eigenvalue weighted by atomic mass is 9.93. The Hall–Kier alpha value is -2.98. The first kappa shape index (κ1) is 21.3. The lowest BCUT2D eigenvalue weighted by Gasteiger charge is -2.17. The summed E-state index contributed by atoms with van der Waals surface area (Å²) in [6.45, 7) is 3.89. The summed E-state index contributed by atoms with van der Waals surface area (Å²) in [5, 5.41) is 9.84. The molecule has 0 aliphatic heterocycles. The number of hydrogen-bond acceptors (Lipinski definition) is 7. The van der Waals surface area contributed by atoms with Crippen molar-refractivity contribution in [1.82, 2.24) is 19.4 Å². The maximum absolute atomic E-state index is 13.0. The smallest absolute Gasteiger partial charge is 0.269 e. The molecule has 31 heavy (non-hydrogen) atoms. The van der Waals surface area contributed by atoms with E-state index in [9.17, 15) is 18.3 Å². The van der Waals surface area contributed by atoms with Gasteiger partial charge in [0.15, 0.2) is 11.5 Å². The molecule has 1 amide bonds. The van der Waals surface area contributed by atoms with Crippen LogP contribution < -0.4 is 10.9 Å². The third-order valence-electron chi connectivity index (χ3n) is 5.78. The van der Waals surface area contributed by atoms with Gasteiger partial charge in [-0.05, 0) is 43.9 Å². The van der Waals surface area contributed by atoms with E-state index in [0.29, 0.717) is 18.4 Å². The van der Waals surface area contributed by atoms with Crippen LogP contribution in [0.1, 0.15) is 31.7 Å². The van der Waals surface area contributed by atoms with E-state index >= 15 is 0 Å². The molecule has 0 bridgehead atoms. The monoisotopic (exact) mass is 443 g/mol. The molecule has 9 nitrogen and oxygen atoms in total. The first-order valence-corrected chi connectivity index (χ1v) is 11.6. The van der Waals surface area contributed by atoms with Gasteiger partial charge in [-0.3, -0.25) is 15.6 Å². The first-order valence-electron chi connectivity index (χ1n) is 10.2. The molecule has 1 aliphatic carbocycles. The predicted octanol–water partition coefficient (Wildman–Crippen LogP) is 2.22. The van der Waals surface area contributed by atoms with Crippen molar-refractivity contribution in [3.05, 3.63) is 48.3 Å². The number of hydrogen-bond donors (Lipinski definition) is 3. The zero-order valence-electron chi connectivity index (χ0n) is 17.3. The van der Waals surface area contributed by atoms with E-state index in [1.807, 2.05) is 13.8 Å². The Morgan fingerprint density at radius 1 is 1.23 bits per heavy atom. The SMILES string of the molecule is CC[C@@H]1C[C@H](O)CC1C(=O)NNc1cnc2c(ccn2S(=O)(=O)c2ccc(C)cc2)n1. The highest BCUT2D eigenvalue weighted by atomic mass is 32.2. The first-order chi connectivity index (χ1) is 14.8. The molecule has 164 valence electrons. The van der Waals surface area contributed by atoms with Gasteiger partial charge in [-0.2, -0.15) is 0 Å². The van der Waals surface area contributed by atoms with Gasteiger partial charge in [-0.15, -0.1) is 0 Å². The van der Waals surface area contributed by atoms with E-state index in [-0.39, 0.29) is 34.1 Å². The van der Waals surface area contributed by atoms with Crippen molar-refractivity contribution in [3.63, 3.8) is 0 Å². The summed E-state index contributed by atoms with van der Waals surface area (Å²) >= 11 is 0. The second kappa shape index (κ2) is 8.27. The Balaban J connectivity index is 1.51. The summed E-state index contributed by atoms with van der Waals surface area (Å²) in [5.41, 5.74) is 6.91. The lowest BCUT2D eigenvalue weighted by molar-refractivity contribution is -0.125. The minimum atomic E-state index is -3.80. The number of aromatic nitrogens is 3. The summed E-state index contributed by atoms with van der Waals surface area (Å²) < 4.78 is 27.0. The third kappa shape index (κ3) is 4.13. The largest absolute Gasteiger partial charge is 0.393 e. The van der Waals surface area contributed by atoms with E-state index in [0.717, 1.165) is 16.0 Å². The Morgan fingerprint density at radius 3 is 2.68 bits per heavy atom. The number of anilines is 1. The van der Waals surface area contributed by atoms with Crippen LogP contribution in [-0.2, 0) is 14.8 Å². The van der Waals surface area contributed by atoms with Crippen LogP contribution in [0, 0.1) is 18.8 Å². The van der Waals surface area contributed by atoms with Crippen LogP contribution in [0.4, 0.5) is 5.82 Å². The van der Waals surface area contributed by atoms with Gasteiger partial charge in [0.05, 0.1) is 17.2 Å². The van der Waals surface area contributed by atoms with Crippen LogP contribution in [0.15, 0.2) is 47.6 Å². The predicted molar refractivity (Wildman–Crippen MR) is 116 cm³/mol. The highest BCUT2D eigenvalue weighted by Crippen LogP contribution is 2.34. The molecule has 0 saturated heterocycles. The van der Waals surface area contributed by atoms with Gasteiger partial charge in [0.25, 0.3) is 10.0 Å². The number of rotatable bonds is 6. The maximum atomic E-state index is 13.0. The number of carbonyl (C=O) groups excluding carboxylic acids is 1. The van der Waals surface area contributed by atoms with Gasteiger partial charge in [-0.25, -0.2) is 22.4 Å². The van der Waals surface area contributed by atoms with Crippen LogP contribution in [0.2, 0.25) is 0 Å². The van der Waals surface area contributed by atoms with E-state index < -0.39 is 16.1 Å². The number of aliphatic hydroxyl groups excluding tert-OH is 1. The molecule has 2 aromatic heterocycles. The molecule has 0 spiro atoms. The summed E-state index contributed by atoms with van der Waals surface area (Å²) in [6.07, 6.45) is 4.22. The quantitative estimate of drug-likeness (QED) is 0.499. The van der Waals surface area contributed by atoms with Crippen molar-refractivity contribution >= 4 is 32.9 Å². The fourth-order valence-electron chi connectivity index (χ4n) is 4.05. The molecule has 2 heterocycles. The van der Waals surface area contributed by atoms with Crippen molar-refractivity contribution in [3.8, 4) is 0 Å². The molecule has 3 N–H and O–H groups in total. The van der Waals surface area contributed by atoms with Crippen LogP contribution >= 0.6 is 0 Å². The molecule has 0 radical (unpaired) electrons. The number of fused-ring (bicyclic) bond motifs is 1.